The lowest BCUT2D eigenvalue weighted by molar-refractivity contribution is -0.149. The Morgan fingerprint density at radius 1 is 1.40 bits per heavy atom. The number of hydrogen-bond donors (Lipinski definition) is 2. The van der Waals surface area contributed by atoms with E-state index in [0.29, 0.717) is 18.7 Å². The lowest BCUT2D eigenvalue weighted by Gasteiger charge is -2.28. The zero-order valence-electron chi connectivity index (χ0n) is 11.7. The normalized spacial score (nSPS) is 24.1. The molecule has 2 rings (SSSR count). The summed E-state index contributed by atoms with van der Waals surface area (Å²) in [6.45, 7) is 1.82. The third-order valence-electron chi connectivity index (χ3n) is 3.91. The van der Waals surface area contributed by atoms with Gasteiger partial charge in [0, 0.05) is 7.05 Å². The SMILES string of the molecule is CC(NC(=O)C1CCCCC1C(=O)O)c1nncn1C. The molecule has 3 atom stereocenters. The number of aryl methyl sites for hydroxylation is 1. The number of amides is 1. The molecule has 1 fully saturated rings. The number of carboxylic acid groups (broad SMARTS) is 1. The second-order valence-corrected chi connectivity index (χ2v) is 5.37. The number of hydrogen-bond acceptors (Lipinski definition) is 4. The van der Waals surface area contributed by atoms with E-state index in [-0.39, 0.29) is 11.9 Å². The minimum absolute atomic E-state index is 0.201. The van der Waals surface area contributed by atoms with Gasteiger partial charge in [0.2, 0.25) is 5.91 Å². The van der Waals surface area contributed by atoms with Gasteiger partial charge in [-0.1, -0.05) is 12.8 Å². The van der Waals surface area contributed by atoms with Crippen LogP contribution in [-0.4, -0.2) is 31.7 Å². The van der Waals surface area contributed by atoms with Gasteiger partial charge in [0.05, 0.1) is 17.9 Å². The van der Waals surface area contributed by atoms with Crippen LogP contribution >= 0.6 is 0 Å². The predicted molar refractivity (Wildman–Crippen MR) is 70.6 cm³/mol. The molecule has 0 aliphatic heterocycles. The molecule has 0 saturated heterocycles. The first-order valence-electron chi connectivity index (χ1n) is 6.87. The van der Waals surface area contributed by atoms with Crippen LogP contribution in [0.25, 0.3) is 0 Å². The number of carboxylic acids is 1. The number of aromatic nitrogens is 3. The van der Waals surface area contributed by atoms with E-state index in [1.807, 2.05) is 6.92 Å². The van der Waals surface area contributed by atoms with E-state index >= 15 is 0 Å². The topological polar surface area (TPSA) is 97.1 Å². The van der Waals surface area contributed by atoms with Crippen molar-refractivity contribution in [1.29, 1.82) is 0 Å². The number of nitrogens with one attached hydrogen (secondary N) is 1. The molecule has 110 valence electrons. The number of carbonyl (C=O) groups is 2. The van der Waals surface area contributed by atoms with Crippen LogP contribution in [0, 0.1) is 11.8 Å². The molecular formula is C13H20N4O3. The van der Waals surface area contributed by atoms with Gasteiger partial charge in [0.1, 0.15) is 6.33 Å². The molecule has 1 aromatic heterocycles. The second-order valence-electron chi connectivity index (χ2n) is 5.37. The van der Waals surface area contributed by atoms with Gasteiger partial charge in [-0.3, -0.25) is 9.59 Å². The quantitative estimate of drug-likeness (QED) is 0.853. The Balaban J connectivity index is 2.03. The van der Waals surface area contributed by atoms with E-state index < -0.39 is 17.8 Å². The fourth-order valence-electron chi connectivity index (χ4n) is 2.81. The largest absolute Gasteiger partial charge is 0.481 e. The number of rotatable bonds is 4. The third kappa shape index (κ3) is 2.97. The van der Waals surface area contributed by atoms with Gasteiger partial charge in [-0.05, 0) is 19.8 Å². The molecule has 7 heteroatoms. The van der Waals surface area contributed by atoms with Crippen LogP contribution in [0.1, 0.15) is 44.5 Å². The Bertz CT molecular complexity index is 500. The molecule has 0 bridgehead atoms. The van der Waals surface area contributed by atoms with Gasteiger partial charge >= 0.3 is 5.97 Å². The molecule has 3 unspecified atom stereocenters. The molecule has 7 nitrogen and oxygen atoms in total. The van der Waals surface area contributed by atoms with Gasteiger partial charge in [-0.15, -0.1) is 10.2 Å². The molecule has 2 N–H and O–H groups in total. The summed E-state index contributed by atoms with van der Waals surface area (Å²) in [5.41, 5.74) is 0. The van der Waals surface area contributed by atoms with Crippen LogP contribution in [0.2, 0.25) is 0 Å². The maximum Gasteiger partial charge on any atom is 0.307 e. The molecule has 20 heavy (non-hydrogen) atoms. The van der Waals surface area contributed by atoms with Gasteiger partial charge in [-0.25, -0.2) is 0 Å². The number of aliphatic carboxylic acids is 1. The summed E-state index contributed by atoms with van der Waals surface area (Å²) in [5.74, 6) is -1.45. The minimum Gasteiger partial charge on any atom is -0.481 e. The molecule has 1 aliphatic rings. The maximum atomic E-state index is 12.3. The highest BCUT2D eigenvalue weighted by Crippen LogP contribution is 2.30. The van der Waals surface area contributed by atoms with E-state index in [1.165, 1.54) is 0 Å². The minimum atomic E-state index is -0.879. The highest BCUT2D eigenvalue weighted by molar-refractivity contribution is 5.85. The first-order valence-corrected chi connectivity index (χ1v) is 6.87. The van der Waals surface area contributed by atoms with Crippen molar-refractivity contribution in [3.63, 3.8) is 0 Å². The van der Waals surface area contributed by atoms with Crippen molar-refractivity contribution >= 4 is 11.9 Å². The van der Waals surface area contributed by atoms with E-state index in [1.54, 1.807) is 17.9 Å². The van der Waals surface area contributed by atoms with Crippen LogP contribution in [-0.2, 0) is 16.6 Å². The van der Waals surface area contributed by atoms with Crippen molar-refractivity contribution in [1.82, 2.24) is 20.1 Å². The standard InChI is InChI=1S/C13H20N4O3/c1-8(11-16-14-7-17(11)2)15-12(18)9-5-3-4-6-10(9)13(19)20/h7-10H,3-6H2,1-2H3,(H,15,18)(H,19,20). The van der Waals surface area contributed by atoms with Gasteiger partial charge in [-0.2, -0.15) is 0 Å². The van der Waals surface area contributed by atoms with Crippen LogP contribution in [0.15, 0.2) is 6.33 Å². The fourth-order valence-corrected chi connectivity index (χ4v) is 2.81. The maximum absolute atomic E-state index is 12.3. The van der Waals surface area contributed by atoms with Gasteiger partial charge < -0.3 is 15.0 Å². The zero-order chi connectivity index (χ0) is 14.7. The summed E-state index contributed by atoms with van der Waals surface area (Å²) in [5, 5.41) is 19.8. The Hall–Kier alpha value is -1.92. The Morgan fingerprint density at radius 2 is 2.05 bits per heavy atom. The molecule has 1 amide bonds. The van der Waals surface area contributed by atoms with Crippen molar-refractivity contribution in [3.8, 4) is 0 Å². The highest BCUT2D eigenvalue weighted by atomic mass is 16.4. The molecule has 0 radical (unpaired) electrons. The summed E-state index contributed by atoms with van der Waals surface area (Å²) < 4.78 is 1.74. The van der Waals surface area contributed by atoms with Crippen molar-refractivity contribution in [2.75, 3.05) is 0 Å². The van der Waals surface area contributed by atoms with Crippen LogP contribution in [0.3, 0.4) is 0 Å². The smallest absolute Gasteiger partial charge is 0.307 e. The van der Waals surface area contributed by atoms with Gasteiger partial charge in [0.15, 0.2) is 5.82 Å². The van der Waals surface area contributed by atoms with Crippen molar-refractivity contribution in [3.05, 3.63) is 12.2 Å². The first kappa shape index (κ1) is 14.5. The average molecular weight is 280 g/mol. The summed E-state index contributed by atoms with van der Waals surface area (Å²) >= 11 is 0. The lowest BCUT2D eigenvalue weighted by Crippen LogP contribution is -2.41. The molecule has 1 saturated carbocycles. The third-order valence-corrected chi connectivity index (χ3v) is 3.91. The summed E-state index contributed by atoms with van der Waals surface area (Å²) in [6, 6.07) is -0.286. The second kappa shape index (κ2) is 6.02. The van der Waals surface area contributed by atoms with Crippen molar-refractivity contribution in [2.45, 2.75) is 38.6 Å². The van der Waals surface area contributed by atoms with Gasteiger partial charge in [0.25, 0.3) is 0 Å². The molecule has 0 spiro atoms. The molecular weight excluding hydrogens is 260 g/mol. The monoisotopic (exact) mass is 280 g/mol. The van der Waals surface area contributed by atoms with Crippen molar-refractivity contribution < 1.29 is 14.7 Å². The Kier molecular flexibility index (Phi) is 4.36. The molecule has 1 aliphatic carbocycles. The average Bonchev–Trinajstić information content (AvgIpc) is 2.85. The predicted octanol–water partition coefficient (Wildman–Crippen LogP) is 0.883. The highest BCUT2D eigenvalue weighted by Gasteiger charge is 2.36. The van der Waals surface area contributed by atoms with Crippen LogP contribution in [0.4, 0.5) is 0 Å². The van der Waals surface area contributed by atoms with E-state index in [9.17, 15) is 14.7 Å². The summed E-state index contributed by atoms with van der Waals surface area (Å²) in [4.78, 5) is 23.5. The lowest BCUT2D eigenvalue weighted by atomic mass is 9.78. The first-order chi connectivity index (χ1) is 9.50. The Morgan fingerprint density at radius 3 is 2.60 bits per heavy atom. The van der Waals surface area contributed by atoms with E-state index in [2.05, 4.69) is 15.5 Å². The molecule has 0 aromatic carbocycles. The van der Waals surface area contributed by atoms with Crippen LogP contribution in [0.5, 0.6) is 0 Å². The fraction of sp³-hybridized carbons (Fsp3) is 0.692. The van der Waals surface area contributed by atoms with E-state index in [4.69, 9.17) is 0 Å². The Labute approximate surface area is 117 Å². The summed E-state index contributed by atoms with van der Waals surface area (Å²) in [6.07, 6.45) is 4.55. The molecule has 1 aromatic rings. The zero-order valence-corrected chi connectivity index (χ0v) is 11.7. The summed E-state index contributed by atoms with van der Waals surface area (Å²) in [7, 11) is 1.80. The van der Waals surface area contributed by atoms with Crippen molar-refractivity contribution in [2.24, 2.45) is 18.9 Å². The van der Waals surface area contributed by atoms with E-state index in [0.717, 1.165) is 12.8 Å². The number of nitrogens with zero attached hydrogens (tertiary/aromatic N) is 3. The number of carbonyl (C=O) groups excluding carboxylic acids is 1. The van der Waals surface area contributed by atoms with Crippen LogP contribution < -0.4 is 5.32 Å². The molecule has 1 heterocycles.